The first-order chi connectivity index (χ1) is 20.9. The zero-order valence-corrected chi connectivity index (χ0v) is 24.3. The Morgan fingerprint density at radius 1 is 1.00 bits per heavy atom. The van der Waals surface area contributed by atoms with Gasteiger partial charge in [0.25, 0.3) is 0 Å². The van der Waals surface area contributed by atoms with Gasteiger partial charge in [0, 0.05) is 5.39 Å². The summed E-state index contributed by atoms with van der Waals surface area (Å²) in [5.74, 6) is -10.3. The molecule has 0 saturated heterocycles. The summed E-state index contributed by atoms with van der Waals surface area (Å²) in [6, 6.07) is 9.66. The molecule has 1 amide bonds. The number of aromatic nitrogens is 2. The summed E-state index contributed by atoms with van der Waals surface area (Å²) in [5, 5.41) is 4.71. The minimum atomic E-state index is -5.11. The van der Waals surface area contributed by atoms with Crippen LogP contribution in [0.2, 0.25) is 0 Å². The molecule has 5 rings (SSSR count). The Morgan fingerprint density at radius 2 is 1.64 bits per heavy atom. The van der Waals surface area contributed by atoms with Gasteiger partial charge in [0.1, 0.15) is 18.2 Å². The standard InChI is InChI=1S/C30H28F6N4O3S/c1-16(44(42,43)39-29-27(35)25(33)21(13-31)26(34)28(29)36)30(41)40(24-12-23-20(11-22(24)32)14-37-38-23)15-17-7-9-19(10-8-17)18-5-3-2-4-6-18/h7-12,14,16,18,39H,2-6,13,15H2,1H3,(H,37,38). The molecule has 0 radical (unpaired) electrons. The zero-order chi connectivity index (χ0) is 31.8. The van der Waals surface area contributed by atoms with E-state index in [2.05, 4.69) is 10.2 Å². The number of benzene rings is 3. The second kappa shape index (κ2) is 12.5. The fraction of sp³-hybridized carbons (Fsp3) is 0.333. The van der Waals surface area contributed by atoms with Crippen LogP contribution in [0.15, 0.2) is 42.6 Å². The van der Waals surface area contributed by atoms with Gasteiger partial charge in [-0.15, -0.1) is 0 Å². The summed E-state index contributed by atoms with van der Waals surface area (Å²) in [6.07, 6.45) is 6.88. The number of alkyl halides is 1. The van der Waals surface area contributed by atoms with E-state index in [0.717, 1.165) is 49.1 Å². The Morgan fingerprint density at radius 3 is 2.25 bits per heavy atom. The Bertz CT molecular complexity index is 1780. The summed E-state index contributed by atoms with van der Waals surface area (Å²) < 4.78 is 113. The number of aromatic amines is 1. The first kappa shape index (κ1) is 31.4. The lowest BCUT2D eigenvalue weighted by Gasteiger charge is -2.27. The highest BCUT2D eigenvalue weighted by Gasteiger charge is 2.36. The van der Waals surface area contributed by atoms with Crippen molar-refractivity contribution < 1.29 is 39.6 Å². The van der Waals surface area contributed by atoms with Crippen molar-refractivity contribution in [1.29, 1.82) is 0 Å². The highest BCUT2D eigenvalue weighted by atomic mass is 32.2. The normalized spacial score (nSPS) is 15.0. The molecular weight excluding hydrogens is 610 g/mol. The monoisotopic (exact) mass is 638 g/mol. The molecule has 0 bridgehead atoms. The number of amides is 1. The van der Waals surface area contributed by atoms with Gasteiger partial charge in [0.15, 0.2) is 28.5 Å². The van der Waals surface area contributed by atoms with Crippen molar-refractivity contribution in [3.8, 4) is 0 Å². The van der Waals surface area contributed by atoms with Crippen LogP contribution < -0.4 is 9.62 Å². The van der Waals surface area contributed by atoms with E-state index in [0.29, 0.717) is 22.4 Å². The highest BCUT2D eigenvalue weighted by Crippen LogP contribution is 2.34. The average Bonchev–Trinajstić information content (AvgIpc) is 3.48. The molecule has 7 nitrogen and oxygen atoms in total. The quantitative estimate of drug-likeness (QED) is 0.151. The number of rotatable bonds is 9. The van der Waals surface area contributed by atoms with Crippen molar-refractivity contribution in [2.45, 2.75) is 63.4 Å². The first-order valence-electron chi connectivity index (χ1n) is 13.9. The molecule has 1 aliphatic rings. The van der Waals surface area contributed by atoms with E-state index in [-0.39, 0.29) is 12.2 Å². The molecular formula is C30H28F6N4O3S. The van der Waals surface area contributed by atoms with Gasteiger partial charge in [-0.3, -0.25) is 14.6 Å². The van der Waals surface area contributed by atoms with Crippen LogP contribution in [0.5, 0.6) is 0 Å². The number of nitrogens with one attached hydrogen (secondary N) is 2. The van der Waals surface area contributed by atoms with Gasteiger partial charge in [-0.1, -0.05) is 43.5 Å². The molecule has 1 saturated carbocycles. The average molecular weight is 639 g/mol. The molecule has 1 heterocycles. The number of hydrogen-bond donors (Lipinski definition) is 2. The maximum absolute atomic E-state index is 15.4. The van der Waals surface area contributed by atoms with Crippen molar-refractivity contribution in [3.63, 3.8) is 0 Å². The van der Waals surface area contributed by atoms with Crippen LogP contribution in [-0.2, 0) is 28.0 Å². The summed E-state index contributed by atoms with van der Waals surface area (Å²) in [7, 11) is -5.11. The van der Waals surface area contributed by atoms with Crippen LogP contribution in [0.3, 0.4) is 0 Å². The number of nitrogens with zero attached hydrogens (tertiary/aromatic N) is 2. The van der Waals surface area contributed by atoms with Gasteiger partial charge < -0.3 is 4.90 Å². The Balaban J connectivity index is 1.49. The van der Waals surface area contributed by atoms with Crippen LogP contribution in [0.4, 0.5) is 37.7 Å². The van der Waals surface area contributed by atoms with Crippen LogP contribution in [0.25, 0.3) is 10.9 Å². The maximum Gasteiger partial charge on any atom is 0.247 e. The van der Waals surface area contributed by atoms with E-state index >= 15 is 4.39 Å². The van der Waals surface area contributed by atoms with Gasteiger partial charge in [-0.25, -0.2) is 34.8 Å². The van der Waals surface area contributed by atoms with Crippen LogP contribution in [0, 0.1) is 29.1 Å². The summed E-state index contributed by atoms with van der Waals surface area (Å²) in [5.41, 5.74) is -1.65. The fourth-order valence-electron chi connectivity index (χ4n) is 5.42. The molecule has 4 aromatic rings. The SMILES string of the molecule is CC(C(=O)N(Cc1ccc(C2CCCCC2)cc1)c1cc2[nH]ncc2cc1F)S(=O)(=O)Nc1c(F)c(F)c(CF)c(F)c1F. The number of carbonyl (C=O) groups excluding carboxylic acids is 1. The van der Waals surface area contributed by atoms with E-state index in [1.165, 1.54) is 23.4 Å². The van der Waals surface area contributed by atoms with Crippen molar-refractivity contribution in [1.82, 2.24) is 10.2 Å². The third kappa shape index (κ3) is 5.99. The molecule has 0 aliphatic heterocycles. The van der Waals surface area contributed by atoms with Gasteiger partial charge in [-0.05, 0) is 48.9 Å². The molecule has 2 N–H and O–H groups in total. The van der Waals surface area contributed by atoms with Gasteiger partial charge in [0.2, 0.25) is 15.9 Å². The fourth-order valence-corrected chi connectivity index (χ4v) is 6.45. The minimum Gasteiger partial charge on any atom is -0.304 e. The molecule has 1 unspecified atom stereocenters. The van der Waals surface area contributed by atoms with Crippen LogP contribution in [0.1, 0.15) is 61.6 Å². The minimum absolute atomic E-state index is 0.294. The van der Waals surface area contributed by atoms with Crippen molar-refractivity contribution in [3.05, 3.63) is 88.4 Å². The van der Waals surface area contributed by atoms with E-state index < -0.39 is 68.2 Å². The first-order valence-corrected chi connectivity index (χ1v) is 15.4. The molecule has 234 valence electrons. The number of anilines is 2. The van der Waals surface area contributed by atoms with Crippen LogP contribution >= 0.6 is 0 Å². The third-order valence-electron chi connectivity index (χ3n) is 8.01. The molecule has 1 aromatic heterocycles. The number of fused-ring (bicyclic) bond motifs is 1. The Hall–Kier alpha value is -4.07. The second-order valence-electron chi connectivity index (χ2n) is 10.8. The second-order valence-corrected chi connectivity index (χ2v) is 12.8. The Labute approximate surface area is 249 Å². The van der Waals surface area contributed by atoms with Gasteiger partial charge in [0.05, 0.1) is 29.5 Å². The number of hydrogen-bond acceptors (Lipinski definition) is 4. The van der Waals surface area contributed by atoms with E-state index in [9.17, 15) is 35.2 Å². The number of halogens is 6. The number of sulfonamides is 1. The maximum atomic E-state index is 15.4. The highest BCUT2D eigenvalue weighted by molar-refractivity contribution is 7.94. The summed E-state index contributed by atoms with van der Waals surface area (Å²) in [6.45, 7) is -1.32. The molecule has 1 aliphatic carbocycles. The van der Waals surface area contributed by atoms with Crippen molar-refractivity contribution >= 4 is 38.2 Å². The topological polar surface area (TPSA) is 95.2 Å². The lowest BCUT2D eigenvalue weighted by molar-refractivity contribution is -0.118. The van der Waals surface area contributed by atoms with E-state index in [1.807, 2.05) is 12.1 Å². The summed E-state index contributed by atoms with van der Waals surface area (Å²) in [4.78, 5) is 14.6. The lowest BCUT2D eigenvalue weighted by Crippen LogP contribution is -2.44. The van der Waals surface area contributed by atoms with Gasteiger partial charge in [-0.2, -0.15) is 5.10 Å². The summed E-state index contributed by atoms with van der Waals surface area (Å²) >= 11 is 0. The largest absolute Gasteiger partial charge is 0.304 e. The predicted octanol–water partition coefficient (Wildman–Crippen LogP) is 7.14. The number of H-pyrrole nitrogens is 1. The van der Waals surface area contributed by atoms with Crippen molar-refractivity contribution in [2.24, 2.45) is 0 Å². The van der Waals surface area contributed by atoms with Crippen molar-refractivity contribution in [2.75, 3.05) is 9.62 Å². The third-order valence-corrected chi connectivity index (χ3v) is 9.63. The molecule has 14 heteroatoms. The molecule has 3 aromatic carbocycles. The predicted molar refractivity (Wildman–Crippen MR) is 153 cm³/mol. The molecule has 0 spiro atoms. The van der Waals surface area contributed by atoms with E-state index in [1.54, 1.807) is 12.1 Å². The molecule has 44 heavy (non-hydrogen) atoms. The van der Waals surface area contributed by atoms with E-state index in [4.69, 9.17) is 0 Å². The van der Waals surface area contributed by atoms with Crippen LogP contribution in [-0.4, -0.2) is 29.8 Å². The Kier molecular flexibility index (Phi) is 8.91. The number of carbonyl (C=O) groups is 1. The lowest BCUT2D eigenvalue weighted by atomic mass is 9.84. The zero-order valence-electron chi connectivity index (χ0n) is 23.4. The van der Waals surface area contributed by atoms with Gasteiger partial charge >= 0.3 is 0 Å². The smallest absolute Gasteiger partial charge is 0.247 e. The molecule has 1 fully saturated rings. The molecule has 1 atom stereocenters.